The van der Waals surface area contributed by atoms with Crippen LogP contribution in [0.15, 0.2) is 0 Å². The fourth-order valence-corrected chi connectivity index (χ4v) is 2.62. The third-order valence-electron chi connectivity index (χ3n) is 4.14. The first kappa shape index (κ1) is 21.4. The molecule has 1 amide bonds. The molecule has 0 aromatic rings. The highest BCUT2D eigenvalue weighted by Crippen LogP contribution is 2.11. The van der Waals surface area contributed by atoms with E-state index in [2.05, 4.69) is 12.2 Å². The minimum atomic E-state index is -0.442. The Kier molecular flexibility index (Phi) is 16.3. The van der Waals surface area contributed by atoms with Crippen molar-refractivity contribution >= 4 is 5.91 Å². The van der Waals surface area contributed by atoms with Crippen LogP contribution < -0.4 is 16.8 Å². The van der Waals surface area contributed by atoms with Crippen LogP contribution in [0, 0.1) is 0 Å². The van der Waals surface area contributed by atoms with Crippen LogP contribution >= 0.6 is 0 Å². The van der Waals surface area contributed by atoms with Crippen molar-refractivity contribution in [3.63, 3.8) is 0 Å². The van der Waals surface area contributed by atoms with Gasteiger partial charge >= 0.3 is 0 Å². The van der Waals surface area contributed by atoms with Crippen molar-refractivity contribution in [2.45, 2.75) is 96.4 Å². The predicted molar refractivity (Wildman–Crippen MR) is 95.7 cm³/mol. The molecule has 0 spiro atoms. The summed E-state index contributed by atoms with van der Waals surface area (Å²) in [5.74, 6) is -0.0616. The molecule has 0 aliphatic heterocycles. The number of carbonyl (C=O) groups excluding carboxylic acids is 1. The van der Waals surface area contributed by atoms with E-state index in [9.17, 15) is 4.79 Å². The molecule has 0 radical (unpaired) electrons. The fourth-order valence-electron chi connectivity index (χ4n) is 2.62. The summed E-state index contributed by atoms with van der Waals surface area (Å²) in [6, 6.07) is -0.442. The monoisotopic (exact) mass is 313 g/mol. The Balaban J connectivity index is 3.16. The van der Waals surface area contributed by atoms with Gasteiger partial charge in [-0.05, 0) is 19.4 Å². The van der Waals surface area contributed by atoms with Gasteiger partial charge in [0.2, 0.25) is 5.91 Å². The molecule has 0 aliphatic carbocycles. The lowest BCUT2D eigenvalue weighted by Gasteiger charge is -2.10. The molecule has 4 heteroatoms. The molecule has 0 saturated heterocycles. The maximum absolute atomic E-state index is 11.5. The van der Waals surface area contributed by atoms with Crippen LogP contribution in [-0.2, 0) is 4.79 Å². The van der Waals surface area contributed by atoms with Crippen molar-refractivity contribution in [2.75, 3.05) is 13.1 Å². The average Bonchev–Trinajstić information content (AvgIpc) is 2.51. The number of rotatable bonds is 16. The molecule has 1 atom stereocenters. The topological polar surface area (TPSA) is 81.1 Å². The van der Waals surface area contributed by atoms with E-state index in [4.69, 9.17) is 11.5 Å². The van der Waals surface area contributed by atoms with Crippen LogP contribution in [0.4, 0.5) is 0 Å². The summed E-state index contributed by atoms with van der Waals surface area (Å²) >= 11 is 0. The number of nitrogens with one attached hydrogen (secondary N) is 1. The summed E-state index contributed by atoms with van der Waals surface area (Å²) in [7, 11) is 0. The smallest absolute Gasteiger partial charge is 0.236 e. The van der Waals surface area contributed by atoms with Gasteiger partial charge in [-0.15, -0.1) is 0 Å². The minimum Gasteiger partial charge on any atom is -0.355 e. The summed E-state index contributed by atoms with van der Waals surface area (Å²) in [6.45, 7) is 3.47. The number of hydrogen-bond donors (Lipinski definition) is 3. The summed E-state index contributed by atoms with van der Waals surface area (Å²) in [6.07, 6.45) is 16.5. The molecular weight excluding hydrogens is 274 g/mol. The zero-order valence-corrected chi connectivity index (χ0v) is 14.7. The Morgan fingerprint density at radius 2 is 1.32 bits per heavy atom. The third-order valence-corrected chi connectivity index (χ3v) is 4.14. The molecule has 22 heavy (non-hydrogen) atoms. The van der Waals surface area contributed by atoms with Gasteiger partial charge in [-0.25, -0.2) is 0 Å². The Hall–Kier alpha value is -0.610. The molecule has 5 N–H and O–H groups in total. The molecular formula is C18H39N3O. The summed E-state index contributed by atoms with van der Waals surface area (Å²) in [5, 5.41) is 2.88. The van der Waals surface area contributed by atoms with Crippen LogP contribution in [0.5, 0.6) is 0 Å². The minimum absolute atomic E-state index is 0.0616. The van der Waals surface area contributed by atoms with Gasteiger partial charge in [-0.1, -0.05) is 77.6 Å². The van der Waals surface area contributed by atoms with Crippen LogP contribution in [0.3, 0.4) is 0 Å². The summed E-state index contributed by atoms with van der Waals surface area (Å²) in [5.41, 5.74) is 11.1. The van der Waals surface area contributed by atoms with E-state index in [0.29, 0.717) is 13.0 Å². The molecule has 0 heterocycles. The van der Waals surface area contributed by atoms with Gasteiger partial charge in [-0.2, -0.15) is 0 Å². The van der Waals surface area contributed by atoms with E-state index >= 15 is 0 Å². The highest BCUT2D eigenvalue weighted by molar-refractivity contribution is 5.81. The highest BCUT2D eigenvalue weighted by atomic mass is 16.2. The second-order valence-corrected chi connectivity index (χ2v) is 6.36. The first-order valence-corrected chi connectivity index (χ1v) is 9.45. The molecule has 0 aromatic heterocycles. The van der Waals surface area contributed by atoms with Gasteiger partial charge in [0, 0.05) is 6.54 Å². The molecule has 0 saturated carbocycles. The lowest BCUT2D eigenvalue weighted by atomic mass is 10.1. The van der Waals surface area contributed by atoms with Crippen molar-refractivity contribution in [1.29, 1.82) is 0 Å². The van der Waals surface area contributed by atoms with Crippen molar-refractivity contribution < 1.29 is 4.79 Å². The first-order chi connectivity index (χ1) is 10.7. The molecule has 0 bridgehead atoms. The highest BCUT2D eigenvalue weighted by Gasteiger charge is 2.10. The van der Waals surface area contributed by atoms with Crippen molar-refractivity contribution in [3.05, 3.63) is 0 Å². The van der Waals surface area contributed by atoms with Gasteiger partial charge in [0.1, 0.15) is 0 Å². The standard InChI is InChI=1S/C18H39N3O/c1-2-3-4-5-6-7-8-9-10-11-12-13-16-21-18(22)17(20)14-15-19/h17H,2-16,19-20H2,1H3,(H,21,22). The summed E-state index contributed by atoms with van der Waals surface area (Å²) < 4.78 is 0. The third kappa shape index (κ3) is 14.3. The molecule has 4 nitrogen and oxygen atoms in total. The molecule has 0 fully saturated rings. The van der Waals surface area contributed by atoms with E-state index in [1.54, 1.807) is 0 Å². The molecule has 0 aliphatic rings. The normalized spacial score (nSPS) is 12.3. The quantitative estimate of drug-likeness (QED) is 0.382. The number of unbranched alkanes of at least 4 members (excludes halogenated alkanes) is 11. The van der Waals surface area contributed by atoms with E-state index in [1.807, 2.05) is 0 Å². The zero-order chi connectivity index (χ0) is 16.5. The van der Waals surface area contributed by atoms with Crippen LogP contribution in [0.2, 0.25) is 0 Å². The van der Waals surface area contributed by atoms with E-state index in [0.717, 1.165) is 13.0 Å². The van der Waals surface area contributed by atoms with Crippen LogP contribution in [-0.4, -0.2) is 25.0 Å². The number of amides is 1. The Labute approximate surface area is 137 Å². The van der Waals surface area contributed by atoms with Crippen LogP contribution in [0.1, 0.15) is 90.4 Å². The predicted octanol–water partition coefficient (Wildman–Crippen LogP) is 3.48. The second-order valence-electron chi connectivity index (χ2n) is 6.36. The maximum atomic E-state index is 11.5. The lowest BCUT2D eigenvalue weighted by molar-refractivity contribution is -0.122. The SMILES string of the molecule is CCCCCCCCCCCCCCNC(=O)C(N)CCN. The van der Waals surface area contributed by atoms with Crippen molar-refractivity contribution in [1.82, 2.24) is 5.32 Å². The van der Waals surface area contributed by atoms with E-state index < -0.39 is 6.04 Å². The lowest BCUT2D eigenvalue weighted by Crippen LogP contribution is -2.42. The van der Waals surface area contributed by atoms with Gasteiger partial charge < -0.3 is 16.8 Å². The van der Waals surface area contributed by atoms with Crippen molar-refractivity contribution in [2.24, 2.45) is 11.5 Å². The largest absolute Gasteiger partial charge is 0.355 e. The number of nitrogens with two attached hydrogens (primary N) is 2. The fraction of sp³-hybridized carbons (Fsp3) is 0.944. The van der Waals surface area contributed by atoms with Gasteiger partial charge in [0.25, 0.3) is 0 Å². The Bertz CT molecular complexity index is 246. The Morgan fingerprint density at radius 1 is 0.864 bits per heavy atom. The maximum Gasteiger partial charge on any atom is 0.236 e. The molecule has 0 aromatic carbocycles. The van der Waals surface area contributed by atoms with Gasteiger partial charge in [0.05, 0.1) is 6.04 Å². The molecule has 132 valence electrons. The van der Waals surface area contributed by atoms with Gasteiger partial charge in [0.15, 0.2) is 0 Å². The molecule has 1 unspecified atom stereocenters. The number of hydrogen-bond acceptors (Lipinski definition) is 3. The first-order valence-electron chi connectivity index (χ1n) is 9.45. The average molecular weight is 314 g/mol. The van der Waals surface area contributed by atoms with Gasteiger partial charge in [-0.3, -0.25) is 4.79 Å². The number of carbonyl (C=O) groups is 1. The van der Waals surface area contributed by atoms with Crippen molar-refractivity contribution in [3.8, 4) is 0 Å². The Morgan fingerprint density at radius 3 is 1.77 bits per heavy atom. The van der Waals surface area contributed by atoms with E-state index in [-0.39, 0.29) is 5.91 Å². The second kappa shape index (κ2) is 16.8. The van der Waals surface area contributed by atoms with Crippen LogP contribution in [0.25, 0.3) is 0 Å². The molecule has 0 rings (SSSR count). The summed E-state index contributed by atoms with van der Waals surface area (Å²) in [4.78, 5) is 11.5. The van der Waals surface area contributed by atoms with E-state index in [1.165, 1.54) is 70.6 Å². The zero-order valence-electron chi connectivity index (χ0n) is 14.7.